The van der Waals surface area contributed by atoms with Crippen molar-refractivity contribution in [3.05, 3.63) is 30.2 Å². The fourth-order valence-corrected chi connectivity index (χ4v) is 3.67. The summed E-state index contributed by atoms with van der Waals surface area (Å²) in [4.78, 5) is 4.65. The van der Waals surface area contributed by atoms with E-state index in [-0.39, 0.29) is 0 Å². The summed E-state index contributed by atoms with van der Waals surface area (Å²) in [6, 6.07) is 8.53. The number of rotatable bonds is 6. The van der Waals surface area contributed by atoms with Gasteiger partial charge in [0, 0.05) is 12.5 Å². The van der Waals surface area contributed by atoms with Crippen molar-refractivity contribution in [3.8, 4) is 0 Å². The fourth-order valence-electron chi connectivity index (χ4n) is 3.67. The quantitative estimate of drug-likeness (QED) is 0.866. The minimum Gasteiger partial charge on any atom is -0.441 e. The van der Waals surface area contributed by atoms with Crippen LogP contribution >= 0.6 is 0 Å². The number of hydrogen-bond acceptors (Lipinski definition) is 3. The molecule has 3 nitrogen and oxygen atoms in total. The topological polar surface area (TPSA) is 38.1 Å². The van der Waals surface area contributed by atoms with E-state index >= 15 is 0 Å². The van der Waals surface area contributed by atoms with Gasteiger partial charge < -0.3 is 9.73 Å². The number of hydrogen-bond donors (Lipinski definition) is 1. The molecule has 0 aliphatic heterocycles. The second-order valence-corrected chi connectivity index (χ2v) is 6.41. The summed E-state index contributed by atoms with van der Waals surface area (Å²) in [6.45, 7) is 5.69. The highest BCUT2D eigenvalue weighted by molar-refractivity contribution is 5.72. The highest BCUT2D eigenvalue weighted by atomic mass is 16.3. The van der Waals surface area contributed by atoms with Gasteiger partial charge in [0.05, 0.1) is 0 Å². The molecule has 1 saturated carbocycles. The van der Waals surface area contributed by atoms with Crippen LogP contribution < -0.4 is 5.32 Å². The summed E-state index contributed by atoms with van der Waals surface area (Å²) in [5.74, 6) is 2.44. The summed E-state index contributed by atoms with van der Waals surface area (Å²) in [6.07, 6.45) is 6.14. The average Bonchev–Trinajstić information content (AvgIpc) is 3.08. The van der Waals surface area contributed by atoms with Crippen LogP contribution in [0.5, 0.6) is 0 Å². The lowest BCUT2D eigenvalue weighted by Gasteiger charge is -2.27. The third-order valence-corrected chi connectivity index (χ3v) is 4.83. The lowest BCUT2D eigenvalue weighted by Crippen LogP contribution is -2.39. The van der Waals surface area contributed by atoms with Gasteiger partial charge in [-0.2, -0.15) is 0 Å². The van der Waals surface area contributed by atoms with E-state index in [1.165, 1.54) is 25.7 Å². The summed E-state index contributed by atoms with van der Waals surface area (Å²) in [5, 5.41) is 3.73. The van der Waals surface area contributed by atoms with Crippen molar-refractivity contribution in [3.63, 3.8) is 0 Å². The zero-order valence-electron chi connectivity index (χ0n) is 13.1. The van der Waals surface area contributed by atoms with Gasteiger partial charge in [-0.1, -0.05) is 38.8 Å². The van der Waals surface area contributed by atoms with Crippen LogP contribution in [0.15, 0.2) is 28.7 Å². The average molecular weight is 286 g/mol. The normalized spacial score (nSPS) is 23.7. The second-order valence-electron chi connectivity index (χ2n) is 6.41. The molecule has 1 aliphatic carbocycles. The van der Waals surface area contributed by atoms with Gasteiger partial charge in [-0.15, -0.1) is 0 Å². The Balaban J connectivity index is 1.76. The van der Waals surface area contributed by atoms with Gasteiger partial charge in [0.15, 0.2) is 11.5 Å². The molecule has 1 aromatic carbocycles. The van der Waals surface area contributed by atoms with Crippen molar-refractivity contribution in [2.45, 2.75) is 52.0 Å². The molecule has 3 unspecified atom stereocenters. The van der Waals surface area contributed by atoms with Crippen LogP contribution in [0.2, 0.25) is 0 Å². The largest absolute Gasteiger partial charge is 0.441 e. The van der Waals surface area contributed by atoms with Crippen molar-refractivity contribution in [1.29, 1.82) is 0 Å². The molecular formula is C18H26N2O. The van der Waals surface area contributed by atoms with Gasteiger partial charge in [-0.3, -0.25) is 0 Å². The summed E-state index contributed by atoms with van der Waals surface area (Å²) < 4.78 is 5.92. The Kier molecular flexibility index (Phi) is 4.59. The first-order valence-corrected chi connectivity index (χ1v) is 8.35. The van der Waals surface area contributed by atoms with E-state index in [9.17, 15) is 0 Å². The van der Waals surface area contributed by atoms with E-state index in [1.54, 1.807) is 0 Å². The van der Waals surface area contributed by atoms with Gasteiger partial charge in [0.25, 0.3) is 0 Å². The molecule has 3 heteroatoms. The van der Waals surface area contributed by atoms with E-state index in [4.69, 9.17) is 4.42 Å². The molecule has 0 saturated heterocycles. The van der Waals surface area contributed by atoms with Crippen LogP contribution in [0.3, 0.4) is 0 Å². The number of oxazole rings is 1. The number of aromatic nitrogens is 1. The van der Waals surface area contributed by atoms with Crippen LogP contribution in [-0.4, -0.2) is 17.6 Å². The first-order valence-electron chi connectivity index (χ1n) is 8.35. The molecule has 3 atom stereocenters. The third-order valence-electron chi connectivity index (χ3n) is 4.83. The summed E-state index contributed by atoms with van der Waals surface area (Å²) >= 11 is 0. The van der Waals surface area contributed by atoms with E-state index in [2.05, 4.69) is 24.1 Å². The molecule has 0 bridgehead atoms. The summed E-state index contributed by atoms with van der Waals surface area (Å²) in [7, 11) is 0. The smallest absolute Gasteiger partial charge is 0.197 e. The lowest BCUT2D eigenvalue weighted by molar-refractivity contribution is 0.282. The molecule has 1 aromatic heterocycles. The Morgan fingerprint density at radius 3 is 2.90 bits per heavy atom. The first-order chi connectivity index (χ1) is 10.3. The molecule has 21 heavy (non-hydrogen) atoms. The minimum atomic E-state index is 0.496. The standard InChI is InChI=1S/C18H26N2O/c1-3-11-19-16(14-8-6-7-13(14)2)12-18-20-15-9-4-5-10-17(15)21-18/h4-5,9-10,13-14,16,19H,3,6-8,11-12H2,1-2H3. The number of fused-ring (bicyclic) bond motifs is 1. The highest BCUT2D eigenvalue weighted by Gasteiger charge is 2.31. The monoisotopic (exact) mass is 286 g/mol. The second kappa shape index (κ2) is 6.61. The lowest BCUT2D eigenvalue weighted by atomic mass is 9.88. The van der Waals surface area contributed by atoms with Crippen molar-refractivity contribution in [2.24, 2.45) is 11.8 Å². The number of para-hydroxylation sites is 2. The van der Waals surface area contributed by atoms with Crippen molar-refractivity contribution in [1.82, 2.24) is 10.3 Å². The fraction of sp³-hybridized carbons (Fsp3) is 0.611. The Morgan fingerprint density at radius 1 is 1.33 bits per heavy atom. The Morgan fingerprint density at radius 2 is 2.19 bits per heavy atom. The third kappa shape index (κ3) is 3.29. The van der Waals surface area contributed by atoms with Crippen LogP contribution in [0.4, 0.5) is 0 Å². The van der Waals surface area contributed by atoms with Crippen LogP contribution in [0, 0.1) is 11.8 Å². The summed E-state index contributed by atoms with van der Waals surface area (Å²) in [5.41, 5.74) is 1.88. The predicted octanol–water partition coefficient (Wildman–Crippen LogP) is 4.17. The van der Waals surface area contributed by atoms with Gasteiger partial charge in [0.2, 0.25) is 0 Å². The molecular weight excluding hydrogens is 260 g/mol. The zero-order valence-corrected chi connectivity index (χ0v) is 13.1. The highest BCUT2D eigenvalue weighted by Crippen LogP contribution is 2.35. The maximum Gasteiger partial charge on any atom is 0.197 e. The number of nitrogens with one attached hydrogen (secondary N) is 1. The maximum atomic E-state index is 5.92. The SMILES string of the molecule is CCCNC(Cc1nc2ccccc2o1)C1CCCC1C. The van der Waals surface area contributed by atoms with Crippen molar-refractivity contribution in [2.75, 3.05) is 6.54 Å². The number of nitrogens with zero attached hydrogens (tertiary/aromatic N) is 1. The number of benzene rings is 1. The molecule has 2 aromatic rings. The van der Waals surface area contributed by atoms with Gasteiger partial charge in [0.1, 0.15) is 5.52 Å². The van der Waals surface area contributed by atoms with Gasteiger partial charge in [-0.25, -0.2) is 4.98 Å². The minimum absolute atomic E-state index is 0.496. The Bertz CT molecular complexity index is 544. The Hall–Kier alpha value is -1.35. The van der Waals surface area contributed by atoms with Crippen molar-refractivity contribution < 1.29 is 4.42 Å². The molecule has 114 valence electrons. The zero-order chi connectivity index (χ0) is 14.7. The molecule has 1 N–H and O–H groups in total. The van der Waals surface area contributed by atoms with Crippen LogP contribution in [0.25, 0.3) is 11.1 Å². The molecule has 0 spiro atoms. The van der Waals surface area contributed by atoms with Crippen LogP contribution in [-0.2, 0) is 6.42 Å². The van der Waals surface area contributed by atoms with Gasteiger partial charge in [-0.05, 0) is 43.4 Å². The van der Waals surface area contributed by atoms with Crippen molar-refractivity contribution >= 4 is 11.1 Å². The van der Waals surface area contributed by atoms with E-state index in [1.807, 2.05) is 24.3 Å². The van der Waals surface area contributed by atoms with E-state index in [0.717, 1.165) is 41.8 Å². The van der Waals surface area contributed by atoms with Gasteiger partial charge >= 0.3 is 0 Å². The molecule has 0 radical (unpaired) electrons. The molecule has 1 aliphatic rings. The maximum absolute atomic E-state index is 5.92. The predicted molar refractivity (Wildman–Crippen MR) is 86.3 cm³/mol. The van der Waals surface area contributed by atoms with Crippen LogP contribution in [0.1, 0.15) is 45.4 Å². The Labute approximate surface area is 127 Å². The molecule has 1 heterocycles. The van der Waals surface area contributed by atoms with E-state index < -0.39 is 0 Å². The van der Waals surface area contributed by atoms with E-state index in [0.29, 0.717) is 6.04 Å². The molecule has 0 amide bonds. The molecule has 1 fully saturated rings. The first kappa shape index (κ1) is 14.6. The molecule has 3 rings (SSSR count).